The molecule has 0 aliphatic carbocycles. The Labute approximate surface area is 142 Å². The number of rotatable bonds is 3. The van der Waals surface area contributed by atoms with Gasteiger partial charge < -0.3 is 9.47 Å². The summed E-state index contributed by atoms with van der Waals surface area (Å²) in [6.45, 7) is 6.14. The predicted molar refractivity (Wildman–Crippen MR) is 81.1 cm³/mol. The Balaban J connectivity index is 2.40. The SMILES string of the molecule is CCOC(=O)Cn1nc(C(F)(F)F)c2c1CCN2C(=O)OC(C)(C)C. The standard InChI is InChI=1S/C15H20F3N3O4/c1-5-24-10(22)8-21-9-6-7-20(13(23)25-14(2,3)4)11(9)12(19-21)15(16,17)18/h5-8H2,1-4H3. The summed E-state index contributed by atoms with van der Waals surface area (Å²) in [5.74, 6) is -0.697. The zero-order valence-electron chi connectivity index (χ0n) is 14.4. The highest BCUT2D eigenvalue weighted by Gasteiger charge is 2.45. The third-order valence-corrected chi connectivity index (χ3v) is 3.34. The summed E-state index contributed by atoms with van der Waals surface area (Å²) in [5.41, 5.74) is -2.26. The lowest BCUT2D eigenvalue weighted by molar-refractivity contribution is -0.145. The van der Waals surface area contributed by atoms with Crippen LogP contribution in [0.5, 0.6) is 0 Å². The lowest BCUT2D eigenvalue weighted by Crippen LogP contribution is -2.36. The highest BCUT2D eigenvalue weighted by atomic mass is 19.4. The second-order valence-electron chi connectivity index (χ2n) is 6.49. The van der Waals surface area contributed by atoms with Crippen molar-refractivity contribution in [1.82, 2.24) is 9.78 Å². The summed E-state index contributed by atoms with van der Waals surface area (Å²) < 4.78 is 50.9. The molecule has 7 nitrogen and oxygen atoms in total. The van der Waals surface area contributed by atoms with Crippen molar-refractivity contribution in [1.29, 1.82) is 0 Å². The number of anilines is 1. The summed E-state index contributed by atoms with van der Waals surface area (Å²) in [7, 11) is 0. The Morgan fingerprint density at radius 3 is 2.40 bits per heavy atom. The van der Waals surface area contributed by atoms with Gasteiger partial charge in [-0.1, -0.05) is 0 Å². The number of ether oxygens (including phenoxy) is 2. The smallest absolute Gasteiger partial charge is 0.437 e. The summed E-state index contributed by atoms with van der Waals surface area (Å²) in [5, 5.41) is 3.50. The molecule has 0 saturated heterocycles. The molecule has 0 spiro atoms. The molecule has 0 unspecified atom stereocenters. The molecule has 1 aromatic heterocycles. The maximum atomic E-state index is 13.3. The van der Waals surface area contributed by atoms with E-state index in [0.717, 1.165) is 9.58 Å². The van der Waals surface area contributed by atoms with Gasteiger partial charge in [-0.05, 0) is 27.7 Å². The first-order valence-corrected chi connectivity index (χ1v) is 7.77. The van der Waals surface area contributed by atoms with Gasteiger partial charge in [0.1, 0.15) is 17.8 Å². The fraction of sp³-hybridized carbons (Fsp3) is 0.667. The van der Waals surface area contributed by atoms with Gasteiger partial charge in [-0.25, -0.2) is 4.79 Å². The molecule has 0 aromatic carbocycles. The van der Waals surface area contributed by atoms with Crippen LogP contribution in [-0.4, -0.2) is 40.6 Å². The summed E-state index contributed by atoms with van der Waals surface area (Å²) in [6.07, 6.45) is -5.52. The average molecular weight is 363 g/mol. The predicted octanol–water partition coefficient (Wildman–Crippen LogP) is 2.76. The van der Waals surface area contributed by atoms with Crippen LogP contribution in [-0.2, 0) is 33.4 Å². The van der Waals surface area contributed by atoms with E-state index in [2.05, 4.69) is 5.10 Å². The van der Waals surface area contributed by atoms with Crippen molar-refractivity contribution in [2.75, 3.05) is 18.1 Å². The first kappa shape index (κ1) is 19.1. The molecule has 0 N–H and O–H groups in total. The molecule has 1 aliphatic rings. The number of hydrogen-bond donors (Lipinski definition) is 0. The first-order valence-electron chi connectivity index (χ1n) is 7.77. The first-order chi connectivity index (χ1) is 11.4. The second-order valence-corrected chi connectivity index (χ2v) is 6.49. The average Bonchev–Trinajstić information content (AvgIpc) is 2.97. The molecular weight excluding hydrogens is 343 g/mol. The lowest BCUT2D eigenvalue weighted by Gasteiger charge is -2.24. The van der Waals surface area contributed by atoms with Gasteiger partial charge >= 0.3 is 18.2 Å². The maximum absolute atomic E-state index is 13.3. The minimum absolute atomic E-state index is 0.0218. The Bertz CT molecular complexity index is 677. The van der Waals surface area contributed by atoms with E-state index in [9.17, 15) is 22.8 Å². The molecule has 140 valence electrons. The largest absolute Gasteiger partial charge is 0.465 e. The van der Waals surface area contributed by atoms with Crippen molar-refractivity contribution in [2.45, 2.75) is 52.4 Å². The van der Waals surface area contributed by atoms with Crippen LogP contribution in [0.15, 0.2) is 0 Å². The minimum Gasteiger partial charge on any atom is -0.465 e. The number of nitrogens with zero attached hydrogens (tertiary/aromatic N) is 3. The van der Waals surface area contributed by atoms with Gasteiger partial charge in [0.05, 0.1) is 12.3 Å². The molecule has 0 radical (unpaired) electrons. The fourth-order valence-corrected chi connectivity index (χ4v) is 2.50. The van der Waals surface area contributed by atoms with Crippen molar-refractivity contribution in [3.63, 3.8) is 0 Å². The third-order valence-electron chi connectivity index (χ3n) is 3.34. The van der Waals surface area contributed by atoms with Crippen LogP contribution in [0, 0.1) is 0 Å². The summed E-state index contributed by atoms with van der Waals surface area (Å²) in [6, 6.07) is 0. The highest BCUT2D eigenvalue weighted by molar-refractivity contribution is 5.91. The van der Waals surface area contributed by atoms with E-state index >= 15 is 0 Å². The van der Waals surface area contributed by atoms with Crippen LogP contribution in [0.3, 0.4) is 0 Å². The van der Waals surface area contributed by atoms with E-state index in [1.807, 2.05) is 0 Å². The van der Waals surface area contributed by atoms with Gasteiger partial charge in [0.2, 0.25) is 0 Å². The van der Waals surface area contributed by atoms with E-state index in [1.165, 1.54) is 0 Å². The van der Waals surface area contributed by atoms with Gasteiger partial charge in [0, 0.05) is 13.0 Å². The molecule has 25 heavy (non-hydrogen) atoms. The van der Waals surface area contributed by atoms with Crippen LogP contribution >= 0.6 is 0 Å². The van der Waals surface area contributed by atoms with Gasteiger partial charge in [-0.3, -0.25) is 14.4 Å². The number of alkyl halides is 3. The second kappa shape index (κ2) is 6.57. The van der Waals surface area contributed by atoms with Crippen molar-refractivity contribution in [3.8, 4) is 0 Å². The van der Waals surface area contributed by atoms with Crippen LogP contribution in [0.2, 0.25) is 0 Å². The molecule has 0 atom stereocenters. The number of aromatic nitrogens is 2. The van der Waals surface area contributed by atoms with Crippen LogP contribution < -0.4 is 4.90 Å². The van der Waals surface area contributed by atoms with E-state index in [4.69, 9.17) is 9.47 Å². The lowest BCUT2D eigenvalue weighted by atomic mass is 10.2. The van der Waals surface area contributed by atoms with E-state index in [-0.39, 0.29) is 31.0 Å². The van der Waals surface area contributed by atoms with Gasteiger partial charge in [0.25, 0.3) is 0 Å². The zero-order chi connectivity index (χ0) is 19.0. The van der Waals surface area contributed by atoms with Crippen molar-refractivity contribution >= 4 is 17.7 Å². The Morgan fingerprint density at radius 2 is 1.88 bits per heavy atom. The quantitative estimate of drug-likeness (QED) is 0.772. The number of esters is 1. The minimum atomic E-state index is -4.77. The van der Waals surface area contributed by atoms with Crippen LogP contribution in [0.4, 0.5) is 23.7 Å². The Morgan fingerprint density at radius 1 is 1.24 bits per heavy atom. The molecule has 2 rings (SSSR count). The third kappa shape index (κ3) is 4.23. The van der Waals surface area contributed by atoms with E-state index < -0.39 is 36.1 Å². The Kier molecular flexibility index (Phi) is 5.01. The molecule has 1 aliphatic heterocycles. The molecule has 10 heteroatoms. The number of halogens is 3. The molecule has 0 bridgehead atoms. The molecule has 1 amide bonds. The number of fused-ring (bicyclic) bond motifs is 1. The number of amides is 1. The van der Waals surface area contributed by atoms with Gasteiger partial charge in [-0.15, -0.1) is 0 Å². The molecule has 0 fully saturated rings. The highest BCUT2D eigenvalue weighted by Crippen LogP contribution is 2.41. The van der Waals surface area contributed by atoms with Crippen LogP contribution in [0.1, 0.15) is 39.1 Å². The monoisotopic (exact) mass is 363 g/mol. The molecule has 1 aromatic rings. The molecule has 0 saturated carbocycles. The molecular formula is C15H20F3N3O4. The number of carbonyl (C=O) groups is 2. The van der Waals surface area contributed by atoms with E-state index in [1.54, 1.807) is 27.7 Å². The van der Waals surface area contributed by atoms with Crippen molar-refractivity contribution in [2.24, 2.45) is 0 Å². The summed E-state index contributed by atoms with van der Waals surface area (Å²) >= 11 is 0. The van der Waals surface area contributed by atoms with Crippen LogP contribution in [0.25, 0.3) is 0 Å². The number of carbonyl (C=O) groups excluding carboxylic acids is 2. The van der Waals surface area contributed by atoms with Gasteiger partial charge in [0.15, 0.2) is 5.69 Å². The van der Waals surface area contributed by atoms with E-state index in [0.29, 0.717) is 0 Å². The maximum Gasteiger partial charge on any atom is 0.437 e. The van der Waals surface area contributed by atoms with Crippen molar-refractivity contribution in [3.05, 3.63) is 11.4 Å². The topological polar surface area (TPSA) is 73.7 Å². The zero-order valence-corrected chi connectivity index (χ0v) is 14.4. The number of hydrogen-bond acceptors (Lipinski definition) is 5. The summed E-state index contributed by atoms with van der Waals surface area (Å²) in [4.78, 5) is 24.8. The fourth-order valence-electron chi connectivity index (χ4n) is 2.50. The Hall–Kier alpha value is -2.26. The molecule has 2 heterocycles. The normalized spacial score (nSPS) is 14.4. The van der Waals surface area contributed by atoms with Crippen molar-refractivity contribution < 1.29 is 32.2 Å². The van der Waals surface area contributed by atoms with Gasteiger partial charge in [-0.2, -0.15) is 18.3 Å².